The topological polar surface area (TPSA) is 49.9 Å². The molecule has 0 N–H and O–H groups in total. The maximum absolute atomic E-state index is 12.3. The number of hydrogen-bond donors (Lipinski definition) is 0. The van der Waals surface area contributed by atoms with Gasteiger partial charge in [0.25, 0.3) is 10.2 Å². The van der Waals surface area contributed by atoms with Gasteiger partial charge in [-0.05, 0) is 19.8 Å². The van der Waals surface area contributed by atoms with Gasteiger partial charge in [-0.25, -0.2) is 0 Å². The maximum atomic E-state index is 12.3. The highest BCUT2D eigenvalue weighted by molar-refractivity contribution is 7.86. The van der Waals surface area contributed by atoms with Gasteiger partial charge in [-0.3, -0.25) is 0 Å². The van der Waals surface area contributed by atoms with Crippen molar-refractivity contribution in [3.05, 3.63) is 0 Å². The Morgan fingerprint density at radius 3 is 2.44 bits per heavy atom. The van der Waals surface area contributed by atoms with Crippen molar-refractivity contribution in [3.63, 3.8) is 0 Å². The van der Waals surface area contributed by atoms with Gasteiger partial charge in [0, 0.05) is 25.7 Å². The van der Waals surface area contributed by atoms with Crippen LogP contribution in [0.1, 0.15) is 26.2 Å². The summed E-state index contributed by atoms with van der Waals surface area (Å²) < 4.78 is 33.2. The number of rotatable bonds is 2. The first-order valence-corrected chi connectivity index (χ1v) is 7.37. The van der Waals surface area contributed by atoms with E-state index in [2.05, 4.69) is 0 Å². The Hall–Kier alpha value is -0.170. The third-order valence-corrected chi connectivity index (χ3v) is 5.40. The van der Waals surface area contributed by atoms with E-state index in [1.165, 1.54) is 0 Å². The lowest BCUT2D eigenvalue weighted by Crippen LogP contribution is -2.53. The standard InChI is InChI=1S/C10H20N2O3S/c1-10-9-15-8-7-12(10)16(13,14)11-5-3-2-4-6-11/h10H,2-9H2,1H3. The van der Waals surface area contributed by atoms with Crippen LogP contribution in [-0.4, -0.2) is 55.9 Å². The predicted molar refractivity (Wildman–Crippen MR) is 61.3 cm³/mol. The van der Waals surface area contributed by atoms with Crippen LogP contribution in [0.5, 0.6) is 0 Å². The maximum Gasteiger partial charge on any atom is 0.282 e. The minimum Gasteiger partial charge on any atom is -0.378 e. The van der Waals surface area contributed by atoms with Crippen LogP contribution in [-0.2, 0) is 14.9 Å². The second kappa shape index (κ2) is 5.00. The molecule has 0 amide bonds. The van der Waals surface area contributed by atoms with Gasteiger partial charge in [-0.15, -0.1) is 0 Å². The fourth-order valence-electron chi connectivity index (χ4n) is 2.30. The summed E-state index contributed by atoms with van der Waals surface area (Å²) >= 11 is 0. The molecule has 0 aromatic rings. The quantitative estimate of drug-likeness (QED) is 0.712. The molecule has 2 saturated heterocycles. The summed E-state index contributed by atoms with van der Waals surface area (Å²) in [6.45, 7) is 4.75. The van der Waals surface area contributed by atoms with E-state index in [4.69, 9.17) is 4.74 Å². The second-order valence-electron chi connectivity index (χ2n) is 4.50. The van der Waals surface area contributed by atoms with Crippen LogP contribution in [0.2, 0.25) is 0 Å². The minimum absolute atomic E-state index is 0.0410. The molecule has 94 valence electrons. The molecular weight excluding hydrogens is 228 g/mol. The van der Waals surface area contributed by atoms with E-state index in [9.17, 15) is 8.42 Å². The van der Waals surface area contributed by atoms with Crippen molar-refractivity contribution < 1.29 is 13.2 Å². The van der Waals surface area contributed by atoms with Crippen LogP contribution in [0.15, 0.2) is 0 Å². The Balaban J connectivity index is 2.10. The van der Waals surface area contributed by atoms with Gasteiger partial charge in [0.2, 0.25) is 0 Å². The van der Waals surface area contributed by atoms with Crippen LogP contribution in [0.25, 0.3) is 0 Å². The van der Waals surface area contributed by atoms with Gasteiger partial charge in [-0.1, -0.05) is 6.42 Å². The van der Waals surface area contributed by atoms with E-state index >= 15 is 0 Å². The zero-order valence-corrected chi connectivity index (χ0v) is 10.6. The number of ether oxygens (including phenoxy) is 1. The first-order chi connectivity index (χ1) is 7.62. The van der Waals surface area contributed by atoms with E-state index in [-0.39, 0.29) is 6.04 Å². The molecule has 2 aliphatic rings. The Kier molecular flexibility index (Phi) is 3.84. The van der Waals surface area contributed by atoms with Gasteiger partial charge in [0.15, 0.2) is 0 Å². The molecular formula is C10H20N2O3S. The zero-order chi connectivity index (χ0) is 11.6. The molecule has 0 aromatic heterocycles. The van der Waals surface area contributed by atoms with Gasteiger partial charge in [0.1, 0.15) is 0 Å². The van der Waals surface area contributed by atoms with Gasteiger partial charge >= 0.3 is 0 Å². The first-order valence-electron chi connectivity index (χ1n) is 5.97. The third-order valence-electron chi connectivity index (χ3n) is 3.24. The lowest BCUT2D eigenvalue weighted by atomic mass is 10.2. The van der Waals surface area contributed by atoms with Crippen molar-refractivity contribution in [1.82, 2.24) is 8.61 Å². The molecule has 1 atom stereocenters. The lowest BCUT2D eigenvalue weighted by Gasteiger charge is -2.37. The zero-order valence-electron chi connectivity index (χ0n) is 9.76. The van der Waals surface area contributed by atoms with E-state index in [0.29, 0.717) is 32.8 Å². The molecule has 0 bridgehead atoms. The highest BCUT2D eigenvalue weighted by Gasteiger charge is 2.35. The molecule has 2 fully saturated rings. The molecule has 0 spiro atoms. The van der Waals surface area contributed by atoms with E-state index in [0.717, 1.165) is 19.3 Å². The van der Waals surface area contributed by atoms with Gasteiger partial charge < -0.3 is 4.74 Å². The third kappa shape index (κ3) is 2.40. The fraction of sp³-hybridized carbons (Fsp3) is 1.00. The van der Waals surface area contributed by atoms with Crippen molar-refractivity contribution in [1.29, 1.82) is 0 Å². The minimum atomic E-state index is -3.25. The Bertz CT molecular complexity index is 325. The summed E-state index contributed by atoms with van der Waals surface area (Å²) in [7, 11) is -3.25. The Labute approximate surface area is 97.5 Å². The first kappa shape index (κ1) is 12.3. The largest absolute Gasteiger partial charge is 0.378 e. The van der Waals surface area contributed by atoms with Crippen LogP contribution in [0.4, 0.5) is 0 Å². The van der Waals surface area contributed by atoms with Crippen molar-refractivity contribution in [3.8, 4) is 0 Å². The number of hydrogen-bond acceptors (Lipinski definition) is 3. The molecule has 0 aromatic carbocycles. The molecule has 2 aliphatic heterocycles. The van der Waals surface area contributed by atoms with Crippen LogP contribution >= 0.6 is 0 Å². The van der Waals surface area contributed by atoms with Gasteiger partial charge in [-0.2, -0.15) is 17.0 Å². The van der Waals surface area contributed by atoms with Crippen molar-refractivity contribution >= 4 is 10.2 Å². The van der Waals surface area contributed by atoms with Crippen molar-refractivity contribution in [2.24, 2.45) is 0 Å². The van der Waals surface area contributed by atoms with Crippen LogP contribution < -0.4 is 0 Å². The molecule has 0 aliphatic carbocycles. The monoisotopic (exact) mass is 248 g/mol. The molecule has 2 rings (SSSR count). The molecule has 5 nitrogen and oxygen atoms in total. The Morgan fingerprint density at radius 2 is 1.81 bits per heavy atom. The number of nitrogens with zero attached hydrogens (tertiary/aromatic N) is 2. The van der Waals surface area contributed by atoms with E-state index in [1.807, 2.05) is 6.92 Å². The summed E-state index contributed by atoms with van der Waals surface area (Å²) in [5, 5.41) is 0. The SMILES string of the molecule is CC1COCCN1S(=O)(=O)N1CCCCC1. The molecule has 2 heterocycles. The molecule has 16 heavy (non-hydrogen) atoms. The summed E-state index contributed by atoms with van der Waals surface area (Å²) in [5.74, 6) is 0. The normalized spacial score (nSPS) is 30.4. The summed E-state index contributed by atoms with van der Waals surface area (Å²) in [5.41, 5.74) is 0. The lowest BCUT2D eigenvalue weighted by molar-refractivity contribution is 0.0360. The second-order valence-corrected chi connectivity index (χ2v) is 6.38. The van der Waals surface area contributed by atoms with Gasteiger partial charge in [0.05, 0.1) is 13.2 Å². The molecule has 6 heteroatoms. The van der Waals surface area contributed by atoms with E-state index < -0.39 is 10.2 Å². The smallest absolute Gasteiger partial charge is 0.282 e. The predicted octanol–water partition coefficient (Wildman–Crippen LogP) is 0.438. The highest BCUT2D eigenvalue weighted by Crippen LogP contribution is 2.20. The molecule has 0 radical (unpaired) electrons. The highest BCUT2D eigenvalue weighted by atomic mass is 32.2. The summed E-state index contributed by atoms with van der Waals surface area (Å²) in [6, 6.07) is -0.0410. The van der Waals surface area contributed by atoms with Crippen molar-refractivity contribution in [2.75, 3.05) is 32.8 Å². The van der Waals surface area contributed by atoms with E-state index in [1.54, 1.807) is 8.61 Å². The molecule has 1 unspecified atom stereocenters. The van der Waals surface area contributed by atoms with Crippen molar-refractivity contribution in [2.45, 2.75) is 32.2 Å². The van der Waals surface area contributed by atoms with Crippen LogP contribution in [0.3, 0.4) is 0 Å². The summed E-state index contributed by atoms with van der Waals surface area (Å²) in [6.07, 6.45) is 3.11. The Morgan fingerprint density at radius 1 is 1.12 bits per heavy atom. The average molecular weight is 248 g/mol. The van der Waals surface area contributed by atoms with Crippen LogP contribution in [0, 0.1) is 0 Å². The average Bonchev–Trinajstić information content (AvgIpc) is 2.30. The molecule has 0 saturated carbocycles. The number of morpholine rings is 1. The fourth-order valence-corrected chi connectivity index (χ4v) is 4.14. The number of piperidine rings is 1. The summed E-state index contributed by atoms with van der Waals surface area (Å²) in [4.78, 5) is 0.